The summed E-state index contributed by atoms with van der Waals surface area (Å²) in [6.45, 7) is 8.99. The maximum Gasteiger partial charge on any atom is 0.256 e. The molecule has 10 heteroatoms. The fourth-order valence-corrected chi connectivity index (χ4v) is 6.12. The fraction of sp³-hybridized carbons (Fsp3) is 0.364. The topological polar surface area (TPSA) is 68.4 Å². The summed E-state index contributed by atoms with van der Waals surface area (Å²) in [4.78, 5) is 35.3. The number of piperazine rings is 1. The molecule has 2 fully saturated rings. The SMILES string of the molecule is CCOc1ccc(NC(=O)CC2C(=O)N(c3ccc(Cl)cc3)C(=S)N2CCCN2CCN(Cc3ccccc3)CC2)cc1. The van der Waals surface area contributed by atoms with E-state index in [0.717, 1.165) is 51.4 Å². The van der Waals surface area contributed by atoms with Crippen molar-refractivity contribution in [2.75, 3.05) is 56.1 Å². The van der Waals surface area contributed by atoms with Crippen LogP contribution in [0.2, 0.25) is 5.02 Å². The Hall–Kier alpha value is -3.50. The summed E-state index contributed by atoms with van der Waals surface area (Å²) >= 11 is 11.9. The molecular formula is C33H38ClN5O3S. The van der Waals surface area contributed by atoms with E-state index in [0.29, 0.717) is 34.7 Å². The van der Waals surface area contributed by atoms with E-state index >= 15 is 0 Å². The van der Waals surface area contributed by atoms with Crippen LogP contribution in [0, 0.1) is 0 Å². The standard InChI is InChI=1S/C33H38ClN5O3S/c1-2-42-29-15-11-27(12-16-29)35-31(40)23-30-32(41)39(28-13-9-26(34)10-14-28)33(43)38(30)18-6-17-36-19-21-37(22-20-36)24-25-7-4-3-5-8-25/h3-5,7-16,30H,2,6,17-24H2,1H3,(H,35,40). The van der Waals surface area contributed by atoms with Crippen molar-refractivity contribution >= 4 is 52.1 Å². The van der Waals surface area contributed by atoms with Gasteiger partial charge in [0.2, 0.25) is 5.91 Å². The summed E-state index contributed by atoms with van der Waals surface area (Å²) in [6, 6.07) is 24.1. The number of thiocarbonyl (C=S) groups is 1. The third-order valence-electron chi connectivity index (χ3n) is 7.82. The van der Waals surface area contributed by atoms with Gasteiger partial charge in [-0.05, 0) is 86.2 Å². The van der Waals surface area contributed by atoms with Crippen molar-refractivity contribution < 1.29 is 14.3 Å². The lowest BCUT2D eigenvalue weighted by atomic mass is 10.1. The van der Waals surface area contributed by atoms with Gasteiger partial charge in [-0.3, -0.25) is 19.4 Å². The number of nitrogens with zero attached hydrogens (tertiary/aromatic N) is 4. The number of halogens is 1. The number of anilines is 2. The molecule has 0 bridgehead atoms. The Morgan fingerprint density at radius 2 is 1.60 bits per heavy atom. The molecule has 2 aliphatic rings. The molecule has 1 N–H and O–H groups in total. The largest absolute Gasteiger partial charge is 0.494 e. The van der Waals surface area contributed by atoms with Crippen LogP contribution in [0.15, 0.2) is 78.9 Å². The molecular weight excluding hydrogens is 582 g/mol. The molecule has 0 radical (unpaired) electrons. The van der Waals surface area contributed by atoms with Crippen molar-refractivity contribution in [1.29, 1.82) is 0 Å². The third kappa shape index (κ3) is 8.12. The van der Waals surface area contributed by atoms with Gasteiger partial charge in [-0.25, -0.2) is 0 Å². The van der Waals surface area contributed by atoms with Crippen LogP contribution in [0.1, 0.15) is 25.3 Å². The zero-order valence-electron chi connectivity index (χ0n) is 24.5. The van der Waals surface area contributed by atoms with Gasteiger partial charge in [0.05, 0.1) is 18.7 Å². The second-order valence-corrected chi connectivity index (χ2v) is 11.6. The van der Waals surface area contributed by atoms with E-state index in [1.807, 2.05) is 24.0 Å². The summed E-state index contributed by atoms with van der Waals surface area (Å²) in [5, 5.41) is 3.91. The van der Waals surface area contributed by atoms with Crippen molar-refractivity contribution in [1.82, 2.24) is 14.7 Å². The lowest BCUT2D eigenvalue weighted by Crippen LogP contribution is -2.47. The van der Waals surface area contributed by atoms with E-state index in [-0.39, 0.29) is 18.2 Å². The third-order valence-corrected chi connectivity index (χ3v) is 8.49. The Kier molecular flexibility index (Phi) is 10.6. The molecule has 2 amide bonds. The normalized spacial score (nSPS) is 17.9. The Balaban J connectivity index is 1.19. The quantitative estimate of drug-likeness (QED) is 0.277. The van der Waals surface area contributed by atoms with E-state index in [2.05, 4.69) is 45.4 Å². The molecule has 0 aliphatic carbocycles. The predicted octanol–water partition coefficient (Wildman–Crippen LogP) is 5.28. The van der Waals surface area contributed by atoms with Crippen LogP contribution in [-0.2, 0) is 16.1 Å². The van der Waals surface area contributed by atoms with Crippen LogP contribution in [-0.4, -0.2) is 83.5 Å². The van der Waals surface area contributed by atoms with E-state index in [1.54, 1.807) is 36.4 Å². The summed E-state index contributed by atoms with van der Waals surface area (Å²) < 4.78 is 5.49. The lowest BCUT2D eigenvalue weighted by molar-refractivity contribution is -0.124. The van der Waals surface area contributed by atoms with Gasteiger partial charge in [0, 0.05) is 50.0 Å². The second-order valence-electron chi connectivity index (χ2n) is 10.8. The van der Waals surface area contributed by atoms with Gasteiger partial charge in [-0.1, -0.05) is 41.9 Å². The first kappa shape index (κ1) is 30.9. The highest BCUT2D eigenvalue weighted by Gasteiger charge is 2.44. The second kappa shape index (κ2) is 14.8. The highest BCUT2D eigenvalue weighted by molar-refractivity contribution is 7.80. The van der Waals surface area contributed by atoms with Crippen LogP contribution >= 0.6 is 23.8 Å². The Morgan fingerprint density at radius 3 is 2.28 bits per heavy atom. The molecule has 0 aromatic heterocycles. The highest BCUT2D eigenvalue weighted by Crippen LogP contribution is 2.29. The molecule has 2 aliphatic heterocycles. The van der Waals surface area contributed by atoms with Crippen LogP contribution < -0.4 is 15.0 Å². The average Bonchev–Trinajstić information content (AvgIpc) is 3.24. The average molecular weight is 620 g/mol. The molecule has 3 aromatic rings. The summed E-state index contributed by atoms with van der Waals surface area (Å²) in [6.07, 6.45) is 0.825. The summed E-state index contributed by atoms with van der Waals surface area (Å²) in [5.74, 6) is 0.283. The number of amides is 2. The number of carbonyl (C=O) groups excluding carboxylic acids is 2. The Bertz CT molecular complexity index is 1380. The Morgan fingerprint density at radius 1 is 0.930 bits per heavy atom. The molecule has 5 rings (SSSR count). The van der Waals surface area contributed by atoms with Crippen molar-refractivity contribution in [2.24, 2.45) is 0 Å². The molecule has 0 saturated carbocycles. The van der Waals surface area contributed by atoms with Crippen molar-refractivity contribution in [3.63, 3.8) is 0 Å². The van der Waals surface area contributed by atoms with Crippen molar-refractivity contribution in [3.05, 3.63) is 89.4 Å². The molecule has 1 unspecified atom stereocenters. The van der Waals surface area contributed by atoms with Gasteiger partial charge in [-0.15, -0.1) is 0 Å². The molecule has 2 heterocycles. The van der Waals surface area contributed by atoms with Gasteiger partial charge < -0.3 is 19.9 Å². The monoisotopic (exact) mass is 619 g/mol. The van der Waals surface area contributed by atoms with Crippen LogP contribution in [0.4, 0.5) is 11.4 Å². The summed E-state index contributed by atoms with van der Waals surface area (Å²) in [7, 11) is 0. The number of hydrogen-bond acceptors (Lipinski definition) is 6. The molecule has 3 aromatic carbocycles. The minimum absolute atomic E-state index is 0.00552. The van der Waals surface area contributed by atoms with Crippen LogP contribution in [0.5, 0.6) is 5.75 Å². The maximum absolute atomic E-state index is 13.7. The van der Waals surface area contributed by atoms with Gasteiger partial charge in [0.15, 0.2) is 5.11 Å². The van der Waals surface area contributed by atoms with Crippen molar-refractivity contribution in [2.45, 2.75) is 32.4 Å². The van der Waals surface area contributed by atoms with Crippen molar-refractivity contribution in [3.8, 4) is 5.75 Å². The minimum Gasteiger partial charge on any atom is -0.494 e. The van der Waals surface area contributed by atoms with Crippen LogP contribution in [0.25, 0.3) is 0 Å². The van der Waals surface area contributed by atoms with E-state index in [1.165, 1.54) is 10.5 Å². The molecule has 1 atom stereocenters. The van der Waals surface area contributed by atoms with E-state index in [4.69, 9.17) is 28.6 Å². The predicted molar refractivity (Wildman–Crippen MR) is 176 cm³/mol. The smallest absolute Gasteiger partial charge is 0.256 e. The van der Waals surface area contributed by atoms with Gasteiger partial charge in [-0.2, -0.15) is 0 Å². The Labute approximate surface area is 264 Å². The lowest BCUT2D eigenvalue weighted by Gasteiger charge is -2.35. The number of hydrogen-bond donors (Lipinski definition) is 1. The first-order valence-corrected chi connectivity index (χ1v) is 15.6. The number of ether oxygens (including phenoxy) is 1. The molecule has 0 spiro atoms. The fourth-order valence-electron chi connectivity index (χ4n) is 5.58. The van der Waals surface area contributed by atoms with Crippen LogP contribution in [0.3, 0.4) is 0 Å². The van der Waals surface area contributed by atoms with Gasteiger partial charge in [0.25, 0.3) is 5.91 Å². The number of benzene rings is 3. The highest BCUT2D eigenvalue weighted by atomic mass is 35.5. The number of nitrogens with one attached hydrogen (secondary N) is 1. The van der Waals surface area contributed by atoms with Gasteiger partial charge in [0.1, 0.15) is 11.8 Å². The maximum atomic E-state index is 13.7. The number of carbonyl (C=O) groups is 2. The molecule has 43 heavy (non-hydrogen) atoms. The first-order chi connectivity index (χ1) is 20.9. The zero-order chi connectivity index (χ0) is 30.2. The molecule has 226 valence electrons. The number of rotatable bonds is 12. The van der Waals surface area contributed by atoms with E-state index in [9.17, 15) is 9.59 Å². The first-order valence-electron chi connectivity index (χ1n) is 14.8. The minimum atomic E-state index is -0.686. The zero-order valence-corrected chi connectivity index (χ0v) is 26.0. The van der Waals surface area contributed by atoms with Gasteiger partial charge >= 0.3 is 0 Å². The molecule has 8 nitrogen and oxygen atoms in total. The summed E-state index contributed by atoms with van der Waals surface area (Å²) in [5.41, 5.74) is 2.63. The molecule has 2 saturated heterocycles. The van der Waals surface area contributed by atoms with E-state index < -0.39 is 6.04 Å².